The van der Waals surface area contributed by atoms with E-state index in [0.717, 1.165) is 5.56 Å². The lowest BCUT2D eigenvalue weighted by atomic mass is 9.92. The number of carbonyl (C=O) groups excluding carboxylic acids is 1. The van der Waals surface area contributed by atoms with Crippen molar-refractivity contribution in [1.82, 2.24) is 4.90 Å². The van der Waals surface area contributed by atoms with Gasteiger partial charge in [0.2, 0.25) is 5.91 Å². The number of hydrogen-bond donors (Lipinski definition) is 1. The van der Waals surface area contributed by atoms with Crippen LogP contribution in [0.5, 0.6) is 0 Å². The van der Waals surface area contributed by atoms with E-state index in [4.69, 9.17) is 5.73 Å². The Bertz CT molecular complexity index is 465. The Morgan fingerprint density at radius 2 is 2.05 bits per heavy atom. The van der Waals surface area contributed by atoms with Gasteiger partial charge in [0.15, 0.2) is 0 Å². The largest absolute Gasteiger partial charge is 0.345 e. The van der Waals surface area contributed by atoms with Gasteiger partial charge in [0.05, 0.1) is 0 Å². The highest BCUT2D eigenvalue weighted by Gasteiger charge is 2.22. The van der Waals surface area contributed by atoms with Crippen LogP contribution in [-0.2, 0) is 4.79 Å². The number of hydrogen-bond acceptors (Lipinski definition) is 2. The number of benzene rings is 1. The molecular formula is C16H26ClFN2O. The number of nitrogens with two attached hydrogens (primary N) is 1. The summed E-state index contributed by atoms with van der Waals surface area (Å²) in [6.07, 6.45) is 0.376. The lowest BCUT2D eigenvalue weighted by Crippen LogP contribution is -2.40. The Kier molecular flexibility index (Phi) is 7.90. The van der Waals surface area contributed by atoms with Crippen LogP contribution in [0.15, 0.2) is 24.3 Å². The van der Waals surface area contributed by atoms with E-state index in [0.29, 0.717) is 19.5 Å². The average molecular weight is 317 g/mol. The predicted molar refractivity (Wildman–Crippen MR) is 87.2 cm³/mol. The molecule has 0 aliphatic heterocycles. The first-order valence-corrected chi connectivity index (χ1v) is 6.94. The molecular weight excluding hydrogens is 291 g/mol. The molecule has 1 aromatic carbocycles. The summed E-state index contributed by atoms with van der Waals surface area (Å²) in [5.41, 5.74) is 6.44. The molecule has 0 aliphatic carbocycles. The first-order valence-electron chi connectivity index (χ1n) is 6.94. The number of halogens is 2. The third-order valence-electron chi connectivity index (χ3n) is 3.54. The van der Waals surface area contributed by atoms with Crippen LogP contribution in [0.4, 0.5) is 4.39 Å². The molecule has 0 fully saturated rings. The maximum absolute atomic E-state index is 13.2. The normalized spacial score (nSPS) is 12.5. The van der Waals surface area contributed by atoms with Crippen molar-refractivity contribution in [2.75, 3.05) is 20.1 Å². The summed E-state index contributed by atoms with van der Waals surface area (Å²) in [5.74, 6) is -0.204. The van der Waals surface area contributed by atoms with Gasteiger partial charge in [-0.05, 0) is 35.6 Å². The molecule has 3 nitrogen and oxygen atoms in total. The molecule has 0 bridgehead atoms. The summed E-state index contributed by atoms with van der Waals surface area (Å²) in [6, 6.07) is 6.42. The lowest BCUT2D eigenvalue weighted by Gasteiger charge is -2.29. The van der Waals surface area contributed by atoms with Gasteiger partial charge in [-0.15, -0.1) is 12.4 Å². The third kappa shape index (κ3) is 6.44. The summed E-state index contributed by atoms with van der Waals surface area (Å²) in [5, 5.41) is 0. The molecule has 0 aliphatic rings. The maximum atomic E-state index is 13.2. The van der Waals surface area contributed by atoms with Crippen LogP contribution < -0.4 is 5.73 Å². The summed E-state index contributed by atoms with van der Waals surface area (Å²) in [4.78, 5) is 13.9. The van der Waals surface area contributed by atoms with Gasteiger partial charge >= 0.3 is 0 Å². The molecule has 1 amide bonds. The third-order valence-corrected chi connectivity index (χ3v) is 3.54. The Balaban J connectivity index is 0.00000400. The van der Waals surface area contributed by atoms with Crippen LogP contribution in [0.1, 0.15) is 38.7 Å². The highest BCUT2D eigenvalue weighted by molar-refractivity contribution is 5.85. The van der Waals surface area contributed by atoms with Gasteiger partial charge in [-0.1, -0.05) is 32.9 Å². The molecule has 0 saturated carbocycles. The molecule has 1 aromatic rings. The number of carbonyl (C=O) groups is 1. The quantitative estimate of drug-likeness (QED) is 0.876. The van der Waals surface area contributed by atoms with Crippen LogP contribution >= 0.6 is 12.4 Å². The molecule has 1 atom stereocenters. The molecule has 0 saturated heterocycles. The van der Waals surface area contributed by atoms with E-state index in [-0.39, 0.29) is 35.5 Å². The van der Waals surface area contributed by atoms with Crippen molar-refractivity contribution in [1.29, 1.82) is 0 Å². The molecule has 1 unspecified atom stereocenters. The first-order chi connectivity index (χ1) is 9.25. The van der Waals surface area contributed by atoms with E-state index < -0.39 is 0 Å². The number of nitrogens with zero attached hydrogens (tertiary/aromatic N) is 1. The molecule has 21 heavy (non-hydrogen) atoms. The Morgan fingerprint density at radius 3 is 2.57 bits per heavy atom. The van der Waals surface area contributed by atoms with Gasteiger partial charge < -0.3 is 10.6 Å². The Labute approximate surface area is 133 Å². The van der Waals surface area contributed by atoms with Crippen molar-refractivity contribution in [3.8, 4) is 0 Å². The fourth-order valence-electron chi connectivity index (χ4n) is 2.14. The molecule has 2 N–H and O–H groups in total. The van der Waals surface area contributed by atoms with Gasteiger partial charge in [-0.25, -0.2) is 4.39 Å². The fourth-order valence-corrected chi connectivity index (χ4v) is 2.14. The summed E-state index contributed by atoms with van der Waals surface area (Å²) >= 11 is 0. The Hall–Kier alpha value is -1.13. The van der Waals surface area contributed by atoms with E-state index >= 15 is 0 Å². The smallest absolute Gasteiger partial charge is 0.222 e. The SMILES string of the molecule is CC(CC(=O)N(C)CC(C)(C)CN)c1cccc(F)c1.Cl. The summed E-state index contributed by atoms with van der Waals surface area (Å²) in [7, 11) is 1.79. The number of amides is 1. The maximum Gasteiger partial charge on any atom is 0.222 e. The molecule has 0 aromatic heterocycles. The van der Waals surface area contributed by atoms with E-state index in [1.54, 1.807) is 18.0 Å². The molecule has 120 valence electrons. The zero-order valence-corrected chi connectivity index (χ0v) is 14.0. The summed E-state index contributed by atoms with van der Waals surface area (Å²) in [6.45, 7) is 7.16. The van der Waals surface area contributed by atoms with Crippen molar-refractivity contribution in [3.63, 3.8) is 0 Å². The minimum Gasteiger partial charge on any atom is -0.345 e. The topological polar surface area (TPSA) is 46.3 Å². The molecule has 0 spiro atoms. The van der Waals surface area contributed by atoms with E-state index in [2.05, 4.69) is 0 Å². The van der Waals surface area contributed by atoms with Crippen LogP contribution in [0.2, 0.25) is 0 Å². The monoisotopic (exact) mass is 316 g/mol. The van der Waals surface area contributed by atoms with E-state index in [9.17, 15) is 9.18 Å². The predicted octanol–water partition coefficient (Wildman–Crippen LogP) is 3.18. The second kappa shape index (κ2) is 8.35. The van der Waals surface area contributed by atoms with Gasteiger partial charge in [0.25, 0.3) is 0 Å². The van der Waals surface area contributed by atoms with Gasteiger partial charge in [0.1, 0.15) is 5.82 Å². The second-order valence-electron chi connectivity index (χ2n) is 6.28. The zero-order chi connectivity index (χ0) is 15.3. The van der Waals surface area contributed by atoms with E-state index in [1.807, 2.05) is 26.8 Å². The van der Waals surface area contributed by atoms with Crippen molar-refractivity contribution < 1.29 is 9.18 Å². The fraction of sp³-hybridized carbons (Fsp3) is 0.562. The van der Waals surface area contributed by atoms with Crippen molar-refractivity contribution in [2.45, 2.75) is 33.1 Å². The van der Waals surface area contributed by atoms with Crippen molar-refractivity contribution in [2.24, 2.45) is 11.1 Å². The highest BCUT2D eigenvalue weighted by atomic mass is 35.5. The minimum absolute atomic E-state index is 0. The summed E-state index contributed by atoms with van der Waals surface area (Å²) < 4.78 is 13.2. The van der Waals surface area contributed by atoms with Crippen LogP contribution in [0.3, 0.4) is 0 Å². The van der Waals surface area contributed by atoms with Crippen LogP contribution in [-0.4, -0.2) is 30.9 Å². The van der Waals surface area contributed by atoms with Crippen molar-refractivity contribution >= 4 is 18.3 Å². The lowest BCUT2D eigenvalue weighted by molar-refractivity contribution is -0.131. The zero-order valence-electron chi connectivity index (χ0n) is 13.2. The van der Waals surface area contributed by atoms with Gasteiger partial charge in [0, 0.05) is 20.0 Å². The highest BCUT2D eigenvalue weighted by Crippen LogP contribution is 2.22. The number of rotatable bonds is 6. The first kappa shape index (κ1) is 19.9. The van der Waals surface area contributed by atoms with E-state index in [1.165, 1.54) is 12.1 Å². The Morgan fingerprint density at radius 1 is 1.43 bits per heavy atom. The molecule has 0 radical (unpaired) electrons. The standard InChI is InChI=1S/C16H25FN2O.ClH/c1-12(13-6-5-7-14(17)9-13)8-15(20)19(4)11-16(2,3)10-18;/h5-7,9,12H,8,10-11,18H2,1-4H3;1H. The van der Waals surface area contributed by atoms with Crippen LogP contribution in [0, 0.1) is 11.2 Å². The molecule has 0 heterocycles. The molecule has 5 heteroatoms. The van der Waals surface area contributed by atoms with Crippen molar-refractivity contribution in [3.05, 3.63) is 35.6 Å². The second-order valence-corrected chi connectivity index (χ2v) is 6.28. The van der Waals surface area contributed by atoms with Gasteiger partial charge in [-0.3, -0.25) is 4.79 Å². The average Bonchev–Trinajstić information content (AvgIpc) is 2.38. The van der Waals surface area contributed by atoms with Gasteiger partial charge in [-0.2, -0.15) is 0 Å². The molecule has 1 rings (SSSR count). The minimum atomic E-state index is -0.264. The van der Waals surface area contributed by atoms with Crippen LogP contribution in [0.25, 0.3) is 0 Å².